The highest BCUT2D eigenvalue weighted by atomic mass is 16.5. The molecule has 0 saturated heterocycles. The summed E-state index contributed by atoms with van der Waals surface area (Å²) in [4.78, 5) is 4.22. The normalized spacial score (nSPS) is 11.1. The maximum atomic E-state index is 5.65. The van der Waals surface area contributed by atoms with Gasteiger partial charge >= 0.3 is 0 Å². The van der Waals surface area contributed by atoms with Crippen molar-refractivity contribution in [1.82, 2.24) is 4.98 Å². The van der Waals surface area contributed by atoms with Crippen molar-refractivity contribution >= 4 is 11.5 Å². The number of hydrogen-bond acceptors (Lipinski definition) is 4. The number of ether oxygens (including phenoxy) is 1. The van der Waals surface area contributed by atoms with Gasteiger partial charge in [0.25, 0.3) is 0 Å². The molecule has 78 valence electrons. The lowest BCUT2D eigenvalue weighted by atomic mass is 10.1. The molecule has 0 aliphatic carbocycles. The molecule has 0 unspecified atom stereocenters. The minimum absolute atomic E-state index is 0.0197. The van der Waals surface area contributed by atoms with E-state index in [4.69, 9.17) is 10.5 Å². The largest absolute Gasteiger partial charge is 0.479 e. The molecular formula is C10H17N3O. The van der Waals surface area contributed by atoms with Gasteiger partial charge in [0.15, 0.2) is 0 Å². The van der Waals surface area contributed by atoms with Crippen molar-refractivity contribution in [2.45, 2.75) is 26.3 Å². The lowest BCUT2D eigenvalue weighted by molar-refractivity contribution is 0.400. The first-order valence-electron chi connectivity index (χ1n) is 4.51. The molecule has 1 heterocycles. The van der Waals surface area contributed by atoms with Crippen molar-refractivity contribution in [2.24, 2.45) is 0 Å². The van der Waals surface area contributed by atoms with Crippen molar-refractivity contribution < 1.29 is 4.74 Å². The fourth-order valence-electron chi connectivity index (χ4n) is 1.07. The molecule has 3 N–H and O–H groups in total. The van der Waals surface area contributed by atoms with Crippen LogP contribution in [0.1, 0.15) is 20.8 Å². The number of nitrogens with one attached hydrogen (secondary N) is 1. The van der Waals surface area contributed by atoms with Crippen LogP contribution in [-0.2, 0) is 0 Å². The highest BCUT2D eigenvalue weighted by Crippen LogP contribution is 2.21. The van der Waals surface area contributed by atoms with E-state index in [-0.39, 0.29) is 5.54 Å². The van der Waals surface area contributed by atoms with Crippen molar-refractivity contribution in [2.75, 3.05) is 18.2 Å². The van der Waals surface area contributed by atoms with Gasteiger partial charge in [-0.15, -0.1) is 0 Å². The second-order valence-corrected chi connectivity index (χ2v) is 4.17. The number of hydrogen-bond donors (Lipinski definition) is 2. The van der Waals surface area contributed by atoms with E-state index < -0.39 is 0 Å². The molecule has 14 heavy (non-hydrogen) atoms. The van der Waals surface area contributed by atoms with Crippen LogP contribution in [0.15, 0.2) is 12.1 Å². The molecule has 0 amide bonds. The standard InChI is InChI=1S/C10H17N3O/c1-10(2,3)13-8-6-5-7(11)9(12-8)14-4/h5-6H,11H2,1-4H3,(H,12,13). The Labute approximate surface area is 84.5 Å². The molecule has 1 aromatic rings. The fraction of sp³-hybridized carbons (Fsp3) is 0.500. The van der Waals surface area contributed by atoms with Gasteiger partial charge in [-0.2, -0.15) is 4.98 Å². The maximum absolute atomic E-state index is 5.65. The molecule has 0 aliphatic heterocycles. The summed E-state index contributed by atoms with van der Waals surface area (Å²) in [6.07, 6.45) is 0. The summed E-state index contributed by atoms with van der Waals surface area (Å²) in [6, 6.07) is 3.61. The van der Waals surface area contributed by atoms with Gasteiger partial charge in [-0.25, -0.2) is 0 Å². The third-order valence-corrected chi connectivity index (χ3v) is 1.59. The lowest BCUT2D eigenvalue weighted by Gasteiger charge is -2.21. The molecule has 0 aromatic carbocycles. The first kappa shape index (κ1) is 10.6. The Morgan fingerprint density at radius 1 is 1.36 bits per heavy atom. The number of rotatable bonds is 2. The summed E-state index contributed by atoms with van der Waals surface area (Å²) in [5.74, 6) is 1.22. The Morgan fingerprint density at radius 2 is 2.00 bits per heavy atom. The number of nitrogens with zero attached hydrogens (tertiary/aromatic N) is 1. The molecule has 0 atom stereocenters. The molecule has 1 rings (SSSR count). The number of pyridine rings is 1. The Balaban J connectivity index is 2.90. The van der Waals surface area contributed by atoms with Crippen molar-refractivity contribution in [3.63, 3.8) is 0 Å². The predicted octanol–water partition coefficient (Wildman–Crippen LogP) is 1.88. The van der Waals surface area contributed by atoms with Crippen LogP contribution in [0.5, 0.6) is 5.88 Å². The highest BCUT2D eigenvalue weighted by Gasteiger charge is 2.11. The monoisotopic (exact) mass is 195 g/mol. The van der Waals surface area contributed by atoms with E-state index in [9.17, 15) is 0 Å². The van der Waals surface area contributed by atoms with Gasteiger partial charge in [-0.3, -0.25) is 0 Å². The Kier molecular flexibility index (Phi) is 2.84. The first-order chi connectivity index (χ1) is 6.42. The summed E-state index contributed by atoms with van der Waals surface area (Å²) in [7, 11) is 1.56. The topological polar surface area (TPSA) is 60.2 Å². The van der Waals surface area contributed by atoms with E-state index in [1.807, 2.05) is 6.07 Å². The van der Waals surface area contributed by atoms with Crippen molar-refractivity contribution in [3.8, 4) is 5.88 Å². The second kappa shape index (κ2) is 3.74. The van der Waals surface area contributed by atoms with Gasteiger partial charge in [0.05, 0.1) is 12.8 Å². The highest BCUT2D eigenvalue weighted by molar-refractivity contribution is 5.54. The number of anilines is 2. The molecule has 0 saturated carbocycles. The van der Waals surface area contributed by atoms with Gasteiger partial charge < -0.3 is 15.8 Å². The minimum Gasteiger partial charge on any atom is -0.479 e. The van der Waals surface area contributed by atoms with Crippen LogP contribution in [0.3, 0.4) is 0 Å². The minimum atomic E-state index is -0.0197. The predicted molar refractivity (Wildman–Crippen MR) is 58.6 cm³/mol. The Morgan fingerprint density at radius 3 is 2.50 bits per heavy atom. The quantitative estimate of drug-likeness (QED) is 0.756. The van der Waals surface area contributed by atoms with Gasteiger partial charge in [0.2, 0.25) is 5.88 Å². The third kappa shape index (κ3) is 2.80. The smallest absolute Gasteiger partial charge is 0.238 e. The zero-order valence-electron chi connectivity index (χ0n) is 9.09. The van der Waals surface area contributed by atoms with Crippen LogP contribution >= 0.6 is 0 Å². The van der Waals surface area contributed by atoms with Crippen LogP contribution in [0, 0.1) is 0 Å². The van der Waals surface area contributed by atoms with E-state index in [0.717, 1.165) is 5.82 Å². The van der Waals surface area contributed by atoms with E-state index in [1.165, 1.54) is 0 Å². The molecule has 0 radical (unpaired) electrons. The summed E-state index contributed by atoms with van der Waals surface area (Å²) >= 11 is 0. The summed E-state index contributed by atoms with van der Waals surface area (Å²) in [6.45, 7) is 6.20. The van der Waals surface area contributed by atoms with Crippen LogP contribution < -0.4 is 15.8 Å². The van der Waals surface area contributed by atoms with E-state index in [1.54, 1.807) is 13.2 Å². The fourth-order valence-corrected chi connectivity index (χ4v) is 1.07. The van der Waals surface area contributed by atoms with Gasteiger partial charge in [0.1, 0.15) is 5.82 Å². The molecule has 4 heteroatoms. The number of methoxy groups -OCH3 is 1. The molecule has 1 aromatic heterocycles. The summed E-state index contributed by atoms with van der Waals surface area (Å²) in [5.41, 5.74) is 6.18. The van der Waals surface area contributed by atoms with Gasteiger partial charge in [0, 0.05) is 5.54 Å². The van der Waals surface area contributed by atoms with Crippen LogP contribution in [0.2, 0.25) is 0 Å². The zero-order valence-corrected chi connectivity index (χ0v) is 9.09. The molecule has 4 nitrogen and oxygen atoms in total. The van der Waals surface area contributed by atoms with Crippen LogP contribution in [0.25, 0.3) is 0 Å². The second-order valence-electron chi connectivity index (χ2n) is 4.17. The molecule has 0 aliphatic rings. The molecule has 0 spiro atoms. The molecule has 0 bridgehead atoms. The lowest BCUT2D eigenvalue weighted by Crippen LogP contribution is -2.26. The molecular weight excluding hydrogens is 178 g/mol. The average Bonchev–Trinajstić information content (AvgIpc) is 2.06. The maximum Gasteiger partial charge on any atom is 0.238 e. The van der Waals surface area contributed by atoms with E-state index in [2.05, 4.69) is 31.1 Å². The summed E-state index contributed by atoms with van der Waals surface area (Å²) < 4.78 is 5.02. The summed E-state index contributed by atoms with van der Waals surface area (Å²) in [5, 5.41) is 3.24. The Bertz CT molecular complexity index is 318. The SMILES string of the molecule is COc1nc(NC(C)(C)C)ccc1N. The van der Waals surface area contributed by atoms with E-state index >= 15 is 0 Å². The third-order valence-electron chi connectivity index (χ3n) is 1.59. The van der Waals surface area contributed by atoms with Gasteiger partial charge in [-0.1, -0.05) is 0 Å². The van der Waals surface area contributed by atoms with Crippen LogP contribution in [0.4, 0.5) is 11.5 Å². The van der Waals surface area contributed by atoms with E-state index in [0.29, 0.717) is 11.6 Å². The van der Waals surface area contributed by atoms with Crippen molar-refractivity contribution in [3.05, 3.63) is 12.1 Å². The molecule has 0 fully saturated rings. The average molecular weight is 195 g/mol. The number of nitrogen functional groups attached to an aromatic ring is 1. The number of nitrogens with two attached hydrogens (primary N) is 1. The van der Waals surface area contributed by atoms with Crippen LogP contribution in [-0.4, -0.2) is 17.6 Å². The van der Waals surface area contributed by atoms with Gasteiger partial charge in [-0.05, 0) is 32.9 Å². The Hall–Kier alpha value is -1.45. The first-order valence-corrected chi connectivity index (χ1v) is 4.51. The number of aromatic nitrogens is 1. The zero-order chi connectivity index (χ0) is 10.8. The van der Waals surface area contributed by atoms with Crippen molar-refractivity contribution in [1.29, 1.82) is 0 Å².